The molecule has 2 aromatic heterocycles. The number of amides is 1. The lowest BCUT2D eigenvalue weighted by Gasteiger charge is -2.35. The van der Waals surface area contributed by atoms with Gasteiger partial charge in [-0.05, 0) is 56.3 Å². The van der Waals surface area contributed by atoms with Gasteiger partial charge in [-0.15, -0.1) is 4.91 Å². The number of nitrogens with zero attached hydrogens (tertiary/aromatic N) is 5. The summed E-state index contributed by atoms with van der Waals surface area (Å²) in [6.45, 7) is 8.99. The van der Waals surface area contributed by atoms with Crippen molar-refractivity contribution >= 4 is 23.0 Å². The van der Waals surface area contributed by atoms with E-state index in [9.17, 15) is 9.70 Å². The smallest absolute Gasteiger partial charge is 0.410 e. The number of pyridine rings is 1. The summed E-state index contributed by atoms with van der Waals surface area (Å²) in [7, 11) is 0. The molecule has 162 valence electrons. The maximum absolute atomic E-state index is 12.2. The van der Waals surface area contributed by atoms with Gasteiger partial charge in [-0.25, -0.2) is 9.78 Å². The second kappa shape index (κ2) is 8.43. The van der Waals surface area contributed by atoms with E-state index < -0.39 is 5.60 Å². The van der Waals surface area contributed by atoms with Gasteiger partial charge in [0.2, 0.25) is 5.89 Å². The maximum atomic E-state index is 12.2. The van der Waals surface area contributed by atoms with Gasteiger partial charge >= 0.3 is 6.09 Å². The van der Waals surface area contributed by atoms with E-state index in [0.29, 0.717) is 48.0 Å². The second-order valence-corrected chi connectivity index (χ2v) is 8.53. The highest BCUT2D eigenvalue weighted by molar-refractivity contribution is 5.73. The predicted octanol–water partition coefficient (Wildman–Crippen LogP) is 4.34. The maximum Gasteiger partial charge on any atom is 0.410 e. The van der Waals surface area contributed by atoms with Crippen LogP contribution in [0.25, 0.3) is 22.7 Å². The lowest BCUT2D eigenvalue weighted by Crippen LogP contribution is -2.49. The number of ether oxygens (including phenoxy) is 1. The molecule has 1 fully saturated rings. The molecule has 0 spiro atoms. The minimum atomic E-state index is -0.491. The van der Waals surface area contributed by atoms with Crippen LogP contribution in [-0.4, -0.2) is 57.6 Å². The van der Waals surface area contributed by atoms with E-state index in [1.807, 2.05) is 39.0 Å². The summed E-state index contributed by atoms with van der Waals surface area (Å²) < 4.78 is 11.2. The molecule has 0 unspecified atom stereocenters. The Morgan fingerprint density at radius 1 is 1.13 bits per heavy atom. The number of oxazole rings is 1. The van der Waals surface area contributed by atoms with Crippen LogP contribution >= 0.6 is 0 Å². The summed E-state index contributed by atoms with van der Waals surface area (Å²) in [5.41, 5.74) is 2.48. The summed E-state index contributed by atoms with van der Waals surface area (Å²) in [6, 6.07) is 10.6. The number of hydrogen-bond acceptors (Lipinski definition) is 8. The van der Waals surface area contributed by atoms with E-state index in [4.69, 9.17) is 9.15 Å². The van der Waals surface area contributed by atoms with Gasteiger partial charge in [-0.1, -0.05) is 6.07 Å². The van der Waals surface area contributed by atoms with Crippen LogP contribution in [-0.2, 0) is 11.3 Å². The fourth-order valence-electron chi connectivity index (χ4n) is 3.41. The molecule has 1 saturated heterocycles. The SMILES string of the molecule is CC(C)(C)OC(=O)N1CCN(Cc2ccc3oc(-c4cccc(N=O)c4)nc3n2)CC1. The van der Waals surface area contributed by atoms with Crippen molar-refractivity contribution in [2.75, 3.05) is 26.2 Å². The van der Waals surface area contributed by atoms with Crippen molar-refractivity contribution in [1.29, 1.82) is 0 Å². The van der Waals surface area contributed by atoms with Crippen LogP contribution in [0, 0.1) is 4.91 Å². The Bertz CT molecular complexity index is 1100. The topological polar surface area (TPSA) is 101 Å². The van der Waals surface area contributed by atoms with Crippen molar-refractivity contribution in [3.63, 3.8) is 0 Å². The molecule has 1 aliphatic heterocycles. The molecule has 31 heavy (non-hydrogen) atoms. The number of nitroso groups, excluding NO2 is 1. The molecule has 3 aromatic rings. The van der Waals surface area contributed by atoms with Crippen LogP contribution in [0.2, 0.25) is 0 Å². The number of rotatable bonds is 4. The zero-order chi connectivity index (χ0) is 22.0. The minimum absolute atomic E-state index is 0.268. The molecule has 0 bridgehead atoms. The molecule has 1 aliphatic rings. The minimum Gasteiger partial charge on any atom is -0.444 e. The molecule has 9 nitrogen and oxygen atoms in total. The van der Waals surface area contributed by atoms with Crippen LogP contribution in [0.4, 0.5) is 10.5 Å². The highest BCUT2D eigenvalue weighted by Crippen LogP contribution is 2.26. The molecule has 0 saturated carbocycles. The Labute approximate surface area is 180 Å². The lowest BCUT2D eigenvalue weighted by atomic mass is 10.2. The molecule has 0 N–H and O–H groups in total. The van der Waals surface area contributed by atoms with Crippen molar-refractivity contribution in [3.05, 3.63) is 47.0 Å². The number of fused-ring (bicyclic) bond motifs is 1. The molecule has 1 amide bonds. The Balaban J connectivity index is 1.41. The molecule has 0 aliphatic carbocycles. The molecular formula is C22H25N5O4. The Kier molecular flexibility index (Phi) is 5.69. The first-order chi connectivity index (χ1) is 14.8. The number of carbonyl (C=O) groups is 1. The third kappa shape index (κ3) is 5.05. The zero-order valence-corrected chi connectivity index (χ0v) is 17.9. The normalized spacial score (nSPS) is 15.3. The van der Waals surface area contributed by atoms with Crippen molar-refractivity contribution in [3.8, 4) is 11.5 Å². The molecular weight excluding hydrogens is 398 g/mol. The zero-order valence-electron chi connectivity index (χ0n) is 17.9. The van der Waals surface area contributed by atoms with Gasteiger partial charge in [0.1, 0.15) is 11.3 Å². The van der Waals surface area contributed by atoms with E-state index in [0.717, 1.165) is 18.8 Å². The molecule has 9 heteroatoms. The van der Waals surface area contributed by atoms with Gasteiger partial charge in [0.25, 0.3) is 0 Å². The van der Waals surface area contributed by atoms with Crippen molar-refractivity contribution < 1.29 is 13.9 Å². The van der Waals surface area contributed by atoms with Gasteiger partial charge < -0.3 is 14.1 Å². The first kappa shape index (κ1) is 20.9. The van der Waals surface area contributed by atoms with Crippen molar-refractivity contribution in [2.45, 2.75) is 32.9 Å². The van der Waals surface area contributed by atoms with E-state index in [-0.39, 0.29) is 6.09 Å². The molecule has 0 radical (unpaired) electrons. The number of benzene rings is 1. The fourth-order valence-corrected chi connectivity index (χ4v) is 3.41. The van der Waals surface area contributed by atoms with Gasteiger partial charge in [0, 0.05) is 38.3 Å². The van der Waals surface area contributed by atoms with Gasteiger partial charge in [-0.3, -0.25) is 4.90 Å². The summed E-state index contributed by atoms with van der Waals surface area (Å²) in [4.78, 5) is 36.1. The van der Waals surface area contributed by atoms with Crippen molar-refractivity contribution in [2.24, 2.45) is 5.18 Å². The quantitative estimate of drug-likeness (QED) is 0.575. The van der Waals surface area contributed by atoms with E-state index >= 15 is 0 Å². The molecule has 0 atom stereocenters. The highest BCUT2D eigenvalue weighted by Gasteiger charge is 2.26. The lowest BCUT2D eigenvalue weighted by molar-refractivity contribution is 0.0138. The fraction of sp³-hybridized carbons (Fsp3) is 0.409. The van der Waals surface area contributed by atoms with Gasteiger partial charge in [0.05, 0.1) is 5.69 Å². The summed E-state index contributed by atoms with van der Waals surface area (Å²) in [5, 5.41) is 2.95. The summed E-state index contributed by atoms with van der Waals surface area (Å²) in [6.07, 6.45) is -0.268. The van der Waals surface area contributed by atoms with Crippen LogP contribution in [0.5, 0.6) is 0 Å². The Hall–Kier alpha value is -3.33. The first-order valence-electron chi connectivity index (χ1n) is 10.2. The Morgan fingerprint density at radius 2 is 1.90 bits per heavy atom. The number of aromatic nitrogens is 2. The van der Waals surface area contributed by atoms with Gasteiger partial charge in [0.15, 0.2) is 11.2 Å². The van der Waals surface area contributed by atoms with E-state index in [2.05, 4.69) is 20.0 Å². The van der Waals surface area contributed by atoms with Crippen LogP contribution in [0.1, 0.15) is 26.5 Å². The molecule has 4 rings (SSSR count). The standard InChI is InChI=1S/C22H25N5O4/c1-22(2,3)31-21(28)27-11-9-26(10-12-27)14-17-7-8-18-19(23-17)24-20(30-18)15-5-4-6-16(13-15)25-29/h4-8,13H,9-12,14H2,1-3H3. The average Bonchev–Trinajstić information content (AvgIpc) is 3.16. The van der Waals surface area contributed by atoms with E-state index in [1.54, 1.807) is 23.1 Å². The predicted molar refractivity (Wildman–Crippen MR) is 116 cm³/mol. The third-order valence-electron chi connectivity index (χ3n) is 4.92. The number of piperazine rings is 1. The molecule has 1 aromatic carbocycles. The first-order valence-corrected chi connectivity index (χ1v) is 10.2. The largest absolute Gasteiger partial charge is 0.444 e. The second-order valence-electron chi connectivity index (χ2n) is 8.53. The number of carbonyl (C=O) groups excluding carboxylic acids is 1. The van der Waals surface area contributed by atoms with Crippen LogP contribution in [0.3, 0.4) is 0 Å². The highest BCUT2D eigenvalue weighted by atomic mass is 16.6. The molecule has 3 heterocycles. The summed E-state index contributed by atoms with van der Waals surface area (Å²) in [5.74, 6) is 0.399. The van der Waals surface area contributed by atoms with Crippen LogP contribution < -0.4 is 0 Å². The summed E-state index contributed by atoms with van der Waals surface area (Å²) >= 11 is 0. The number of hydrogen-bond donors (Lipinski definition) is 0. The van der Waals surface area contributed by atoms with Gasteiger partial charge in [-0.2, -0.15) is 4.98 Å². The van der Waals surface area contributed by atoms with E-state index in [1.165, 1.54) is 0 Å². The van der Waals surface area contributed by atoms with Crippen LogP contribution in [0.15, 0.2) is 46.0 Å². The third-order valence-corrected chi connectivity index (χ3v) is 4.92. The monoisotopic (exact) mass is 423 g/mol. The average molecular weight is 423 g/mol. The van der Waals surface area contributed by atoms with Crippen molar-refractivity contribution in [1.82, 2.24) is 19.8 Å². The Morgan fingerprint density at radius 3 is 2.61 bits per heavy atom.